The predicted octanol–water partition coefficient (Wildman–Crippen LogP) is 2.53. The van der Waals surface area contributed by atoms with Gasteiger partial charge in [0.05, 0.1) is 22.8 Å². The van der Waals surface area contributed by atoms with Crippen LogP contribution in [0.1, 0.15) is 30.9 Å². The van der Waals surface area contributed by atoms with E-state index in [0.717, 1.165) is 5.69 Å². The molecule has 1 aromatic carbocycles. The molecule has 4 rings (SSSR count). The van der Waals surface area contributed by atoms with Crippen molar-refractivity contribution >= 4 is 22.7 Å². The molecule has 8 nitrogen and oxygen atoms in total. The minimum atomic E-state index is -0.337. The third kappa shape index (κ3) is 3.84. The topological polar surface area (TPSA) is 97.2 Å². The number of hydrogen-bond acceptors (Lipinski definition) is 5. The molecule has 9 heteroatoms. The first-order valence-electron chi connectivity index (χ1n) is 8.93. The van der Waals surface area contributed by atoms with Crippen LogP contribution in [0.2, 0.25) is 0 Å². The molecule has 0 fully saturated rings. The van der Waals surface area contributed by atoms with Crippen molar-refractivity contribution in [1.29, 1.82) is 0 Å². The lowest BCUT2D eigenvalue weighted by Gasteiger charge is -2.14. The lowest BCUT2D eigenvalue weighted by molar-refractivity contribution is -0.127. The molecule has 0 aliphatic heterocycles. The Morgan fingerprint density at radius 2 is 2.29 bits per heavy atom. The van der Waals surface area contributed by atoms with Gasteiger partial charge >= 0.3 is 0 Å². The zero-order valence-corrected chi connectivity index (χ0v) is 15.2. The van der Waals surface area contributed by atoms with E-state index in [1.807, 2.05) is 29.8 Å². The first-order valence-corrected chi connectivity index (χ1v) is 8.93. The van der Waals surface area contributed by atoms with Gasteiger partial charge in [0.15, 0.2) is 0 Å². The summed E-state index contributed by atoms with van der Waals surface area (Å²) in [6.45, 7) is 1.98. The molecule has 28 heavy (non-hydrogen) atoms. The fraction of sp³-hybridized carbons (Fsp3) is 0.263. The smallest absolute Gasteiger partial charge is 0.246 e. The Hall–Kier alpha value is -3.33. The van der Waals surface area contributed by atoms with Crippen molar-refractivity contribution in [3.8, 4) is 0 Å². The SMILES string of the molecule is CCC(NC(=O)COCc1nc2ccc(F)cc2[nH]1)c1cn2cccnc2n1. The van der Waals surface area contributed by atoms with Crippen molar-refractivity contribution in [3.63, 3.8) is 0 Å². The number of aromatic amines is 1. The van der Waals surface area contributed by atoms with Gasteiger partial charge in [0, 0.05) is 18.6 Å². The summed E-state index contributed by atoms with van der Waals surface area (Å²) in [7, 11) is 0. The van der Waals surface area contributed by atoms with E-state index in [1.165, 1.54) is 12.1 Å². The predicted molar refractivity (Wildman–Crippen MR) is 99.9 cm³/mol. The van der Waals surface area contributed by atoms with E-state index >= 15 is 0 Å². The second-order valence-corrected chi connectivity index (χ2v) is 6.36. The molecule has 144 valence electrons. The lowest BCUT2D eigenvalue weighted by atomic mass is 10.1. The van der Waals surface area contributed by atoms with Crippen molar-refractivity contribution in [2.75, 3.05) is 6.61 Å². The highest BCUT2D eigenvalue weighted by Gasteiger charge is 2.16. The molecule has 1 atom stereocenters. The van der Waals surface area contributed by atoms with Crippen LogP contribution in [0.15, 0.2) is 42.9 Å². The number of H-pyrrole nitrogens is 1. The Balaban J connectivity index is 1.33. The average molecular weight is 382 g/mol. The summed E-state index contributed by atoms with van der Waals surface area (Å²) >= 11 is 0. The monoisotopic (exact) mass is 382 g/mol. The molecular weight excluding hydrogens is 363 g/mol. The van der Waals surface area contributed by atoms with Crippen LogP contribution in [0.5, 0.6) is 0 Å². The number of fused-ring (bicyclic) bond motifs is 2. The van der Waals surface area contributed by atoms with Crippen LogP contribution >= 0.6 is 0 Å². The molecule has 1 amide bonds. The van der Waals surface area contributed by atoms with Gasteiger partial charge in [0.1, 0.15) is 24.9 Å². The molecule has 2 N–H and O–H groups in total. The standard InChI is InChI=1S/C19H19FN6O2/c1-2-13(16-9-26-7-3-6-21-19(26)25-16)24-18(27)11-28-10-17-22-14-5-4-12(20)8-15(14)23-17/h3-9,13H,2,10-11H2,1H3,(H,22,23)(H,24,27). The van der Waals surface area contributed by atoms with Gasteiger partial charge in [-0.05, 0) is 30.7 Å². The van der Waals surface area contributed by atoms with E-state index in [4.69, 9.17) is 4.74 Å². The fourth-order valence-electron chi connectivity index (χ4n) is 2.98. The van der Waals surface area contributed by atoms with E-state index in [0.29, 0.717) is 29.1 Å². The maximum atomic E-state index is 13.2. The minimum absolute atomic E-state index is 0.118. The van der Waals surface area contributed by atoms with E-state index in [2.05, 4.69) is 25.3 Å². The fourth-order valence-corrected chi connectivity index (χ4v) is 2.98. The van der Waals surface area contributed by atoms with Crippen LogP contribution in [0.4, 0.5) is 4.39 Å². The van der Waals surface area contributed by atoms with Gasteiger partial charge in [-0.25, -0.2) is 19.3 Å². The highest BCUT2D eigenvalue weighted by Crippen LogP contribution is 2.16. The summed E-state index contributed by atoms with van der Waals surface area (Å²) in [5.41, 5.74) is 1.99. The Morgan fingerprint density at radius 3 is 3.11 bits per heavy atom. The van der Waals surface area contributed by atoms with E-state index < -0.39 is 0 Å². The number of benzene rings is 1. The second kappa shape index (κ2) is 7.73. The number of rotatable bonds is 7. The molecule has 3 aromatic heterocycles. The summed E-state index contributed by atoms with van der Waals surface area (Å²) in [5, 5.41) is 2.92. The number of aromatic nitrogens is 5. The van der Waals surface area contributed by atoms with Crippen molar-refractivity contribution in [2.24, 2.45) is 0 Å². The summed E-state index contributed by atoms with van der Waals surface area (Å²) in [6, 6.07) is 5.90. The van der Waals surface area contributed by atoms with Gasteiger partial charge < -0.3 is 15.0 Å². The first-order chi connectivity index (χ1) is 13.6. The molecule has 0 radical (unpaired) electrons. The molecule has 4 aromatic rings. The maximum absolute atomic E-state index is 13.2. The normalized spacial score (nSPS) is 12.5. The Kier molecular flexibility index (Phi) is 4.98. The average Bonchev–Trinajstić information content (AvgIpc) is 3.29. The van der Waals surface area contributed by atoms with Gasteiger partial charge in [-0.1, -0.05) is 6.92 Å². The number of hydrogen-bond donors (Lipinski definition) is 2. The summed E-state index contributed by atoms with van der Waals surface area (Å²) < 4.78 is 20.5. The van der Waals surface area contributed by atoms with Crippen LogP contribution in [0.3, 0.4) is 0 Å². The molecule has 3 heterocycles. The highest BCUT2D eigenvalue weighted by molar-refractivity contribution is 5.77. The maximum Gasteiger partial charge on any atom is 0.246 e. The zero-order chi connectivity index (χ0) is 19.5. The Bertz CT molecular complexity index is 1090. The molecule has 0 aliphatic carbocycles. The van der Waals surface area contributed by atoms with Crippen LogP contribution in [0, 0.1) is 5.82 Å². The van der Waals surface area contributed by atoms with Crippen molar-refractivity contribution in [1.82, 2.24) is 29.7 Å². The van der Waals surface area contributed by atoms with E-state index in [9.17, 15) is 9.18 Å². The van der Waals surface area contributed by atoms with Crippen molar-refractivity contribution in [2.45, 2.75) is 26.0 Å². The molecule has 0 aliphatic rings. The number of ether oxygens (including phenoxy) is 1. The van der Waals surface area contributed by atoms with Gasteiger partial charge in [0.25, 0.3) is 0 Å². The highest BCUT2D eigenvalue weighted by atomic mass is 19.1. The van der Waals surface area contributed by atoms with Gasteiger partial charge in [0.2, 0.25) is 11.7 Å². The Morgan fingerprint density at radius 1 is 1.39 bits per heavy atom. The molecule has 0 saturated heterocycles. The minimum Gasteiger partial charge on any atom is -0.364 e. The second-order valence-electron chi connectivity index (χ2n) is 6.36. The third-order valence-electron chi connectivity index (χ3n) is 4.32. The van der Waals surface area contributed by atoms with Gasteiger partial charge in [-0.3, -0.25) is 9.20 Å². The summed E-state index contributed by atoms with van der Waals surface area (Å²) in [4.78, 5) is 28.1. The zero-order valence-electron chi connectivity index (χ0n) is 15.2. The number of nitrogens with one attached hydrogen (secondary N) is 2. The van der Waals surface area contributed by atoms with Gasteiger partial charge in [-0.15, -0.1) is 0 Å². The number of imidazole rings is 2. The Labute approximate surface area is 159 Å². The van der Waals surface area contributed by atoms with E-state index in [-0.39, 0.29) is 31.0 Å². The number of carbonyl (C=O) groups is 1. The molecule has 1 unspecified atom stereocenters. The van der Waals surface area contributed by atoms with Crippen LogP contribution in [-0.4, -0.2) is 36.9 Å². The summed E-state index contributed by atoms with van der Waals surface area (Å²) in [5.74, 6) is 0.532. The lowest BCUT2D eigenvalue weighted by Crippen LogP contribution is -2.31. The quantitative estimate of drug-likeness (QED) is 0.512. The number of amides is 1. The van der Waals surface area contributed by atoms with E-state index in [1.54, 1.807) is 12.3 Å². The van der Waals surface area contributed by atoms with Crippen LogP contribution < -0.4 is 5.32 Å². The first kappa shape index (κ1) is 18.1. The summed E-state index contributed by atoms with van der Waals surface area (Å²) in [6.07, 6.45) is 6.07. The molecular formula is C19H19FN6O2. The van der Waals surface area contributed by atoms with Crippen LogP contribution in [0.25, 0.3) is 16.8 Å². The third-order valence-corrected chi connectivity index (χ3v) is 4.32. The van der Waals surface area contributed by atoms with Gasteiger partial charge in [-0.2, -0.15) is 0 Å². The number of carbonyl (C=O) groups excluding carboxylic acids is 1. The van der Waals surface area contributed by atoms with Crippen molar-refractivity contribution < 1.29 is 13.9 Å². The molecule has 0 bridgehead atoms. The molecule has 0 spiro atoms. The molecule has 0 saturated carbocycles. The number of halogens is 1. The van der Waals surface area contributed by atoms with Crippen LogP contribution in [-0.2, 0) is 16.1 Å². The largest absolute Gasteiger partial charge is 0.364 e. The van der Waals surface area contributed by atoms with Crippen molar-refractivity contribution in [3.05, 3.63) is 60.2 Å². The number of nitrogens with zero attached hydrogens (tertiary/aromatic N) is 4.